The van der Waals surface area contributed by atoms with Gasteiger partial charge >= 0.3 is 0 Å². The molecule has 0 saturated carbocycles. The van der Waals surface area contributed by atoms with Gasteiger partial charge in [0.25, 0.3) is 0 Å². The minimum Gasteiger partial charge on any atom is -0.372 e. The molecule has 13 heavy (non-hydrogen) atoms. The summed E-state index contributed by atoms with van der Waals surface area (Å²) in [6, 6.07) is 0. The highest BCUT2D eigenvalue weighted by Gasteiger charge is 2.20. The fourth-order valence-electron chi connectivity index (χ4n) is 1.07. The Morgan fingerprint density at radius 1 is 1.31 bits per heavy atom. The molecule has 0 aliphatic rings. The maximum Gasteiger partial charge on any atom is 0.142 e. The van der Waals surface area contributed by atoms with Crippen LogP contribution in [0, 0.1) is 3.57 Å². The molecule has 1 rings (SSSR count). The van der Waals surface area contributed by atoms with Crippen LogP contribution >= 0.6 is 22.6 Å². The van der Waals surface area contributed by atoms with E-state index in [2.05, 4.69) is 58.6 Å². The van der Waals surface area contributed by atoms with Gasteiger partial charge in [0.05, 0.1) is 9.26 Å². The van der Waals surface area contributed by atoms with Crippen molar-refractivity contribution in [3.8, 4) is 0 Å². The van der Waals surface area contributed by atoms with E-state index in [-0.39, 0.29) is 5.41 Å². The molecule has 0 atom stereocenters. The molecule has 0 radical (unpaired) electrons. The van der Waals surface area contributed by atoms with Crippen LogP contribution < -0.4 is 5.32 Å². The van der Waals surface area contributed by atoms with E-state index in [1.165, 1.54) is 0 Å². The first-order valence-corrected chi connectivity index (χ1v) is 5.23. The molecule has 3 nitrogen and oxygen atoms in total. The Morgan fingerprint density at radius 2 is 1.92 bits per heavy atom. The molecule has 0 bridgehead atoms. The zero-order chi connectivity index (χ0) is 10.1. The predicted molar refractivity (Wildman–Crippen MR) is 63.0 cm³/mol. The van der Waals surface area contributed by atoms with Gasteiger partial charge in [0, 0.05) is 12.5 Å². The minimum atomic E-state index is 0.0745. The third-order valence-electron chi connectivity index (χ3n) is 1.74. The van der Waals surface area contributed by atoms with Gasteiger partial charge in [-0.1, -0.05) is 20.8 Å². The zero-order valence-corrected chi connectivity index (χ0v) is 10.5. The van der Waals surface area contributed by atoms with Gasteiger partial charge in [-0.2, -0.15) is 0 Å². The second kappa shape index (κ2) is 3.77. The van der Waals surface area contributed by atoms with Crippen molar-refractivity contribution in [2.75, 3.05) is 12.4 Å². The summed E-state index contributed by atoms with van der Waals surface area (Å²) in [4.78, 5) is 8.44. The lowest BCUT2D eigenvalue weighted by atomic mass is 9.92. The fourth-order valence-corrected chi connectivity index (χ4v) is 2.42. The second-order valence-electron chi connectivity index (χ2n) is 3.88. The smallest absolute Gasteiger partial charge is 0.142 e. The van der Waals surface area contributed by atoms with Crippen LogP contribution in [-0.4, -0.2) is 17.0 Å². The summed E-state index contributed by atoms with van der Waals surface area (Å²) in [5, 5.41) is 3.05. The SMILES string of the molecule is CNc1ncnc(C(C)(C)C)c1I. The number of hydrogen-bond donors (Lipinski definition) is 1. The van der Waals surface area contributed by atoms with Crippen LogP contribution in [0.2, 0.25) is 0 Å². The third-order valence-corrected chi connectivity index (χ3v) is 2.76. The zero-order valence-electron chi connectivity index (χ0n) is 8.35. The Labute approximate surface area is 92.5 Å². The van der Waals surface area contributed by atoms with Gasteiger partial charge in [0.15, 0.2) is 0 Å². The lowest BCUT2D eigenvalue weighted by molar-refractivity contribution is 0.563. The molecule has 72 valence electrons. The highest BCUT2D eigenvalue weighted by atomic mass is 127. The van der Waals surface area contributed by atoms with Crippen LogP contribution in [0.3, 0.4) is 0 Å². The molecule has 0 amide bonds. The average molecular weight is 291 g/mol. The number of aromatic nitrogens is 2. The molecule has 1 heterocycles. The van der Waals surface area contributed by atoms with Crippen LogP contribution in [0.25, 0.3) is 0 Å². The van der Waals surface area contributed by atoms with Crippen molar-refractivity contribution in [2.24, 2.45) is 0 Å². The van der Waals surface area contributed by atoms with Crippen molar-refractivity contribution in [3.63, 3.8) is 0 Å². The van der Waals surface area contributed by atoms with Crippen LogP contribution in [0.5, 0.6) is 0 Å². The van der Waals surface area contributed by atoms with E-state index >= 15 is 0 Å². The molecular weight excluding hydrogens is 277 g/mol. The Balaban J connectivity index is 3.24. The van der Waals surface area contributed by atoms with Gasteiger partial charge in [-0.05, 0) is 22.6 Å². The van der Waals surface area contributed by atoms with E-state index in [4.69, 9.17) is 0 Å². The Morgan fingerprint density at radius 3 is 2.38 bits per heavy atom. The van der Waals surface area contributed by atoms with Crippen LogP contribution in [-0.2, 0) is 5.41 Å². The summed E-state index contributed by atoms with van der Waals surface area (Å²) in [6.07, 6.45) is 1.61. The standard InChI is InChI=1S/C9H14IN3/c1-9(2,3)7-6(10)8(11-4)13-5-12-7/h5H,1-4H3,(H,11,12,13). The Hall–Kier alpha value is -0.390. The topological polar surface area (TPSA) is 37.8 Å². The number of rotatable bonds is 1. The molecule has 0 unspecified atom stereocenters. The fraction of sp³-hybridized carbons (Fsp3) is 0.556. The van der Waals surface area contributed by atoms with E-state index in [1.807, 2.05) is 7.05 Å². The van der Waals surface area contributed by atoms with Gasteiger partial charge in [-0.3, -0.25) is 0 Å². The molecule has 0 spiro atoms. The molecule has 1 aromatic rings. The molecule has 0 aliphatic carbocycles. The molecule has 0 aromatic carbocycles. The van der Waals surface area contributed by atoms with E-state index < -0.39 is 0 Å². The Bertz CT molecular complexity index is 304. The van der Waals surface area contributed by atoms with Crippen molar-refractivity contribution >= 4 is 28.4 Å². The molecule has 1 N–H and O–H groups in total. The maximum atomic E-state index is 4.30. The number of anilines is 1. The summed E-state index contributed by atoms with van der Waals surface area (Å²) in [7, 11) is 1.87. The highest BCUT2D eigenvalue weighted by molar-refractivity contribution is 14.1. The summed E-state index contributed by atoms with van der Waals surface area (Å²) >= 11 is 2.28. The predicted octanol–water partition coefficient (Wildman–Crippen LogP) is 2.42. The Kier molecular flexibility index (Phi) is 3.10. The largest absolute Gasteiger partial charge is 0.372 e. The van der Waals surface area contributed by atoms with Gasteiger partial charge in [0.2, 0.25) is 0 Å². The van der Waals surface area contributed by atoms with Crippen molar-refractivity contribution in [2.45, 2.75) is 26.2 Å². The van der Waals surface area contributed by atoms with Gasteiger partial charge < -0.3 is 5.32 Å². The van der Waals surface area contributed by atoms with Gasteiger partial charge in [-0.15, -0.1) is 0 Å². The number of hydrogen-bond acceptors (Lipinski definition) is 3. The van der Waals surface area contributed by atoms with Gasteiger partial charge in [0.1, 0.15) is 12.1 Å². The normalized spacial score (nSPS) is 11.5. The highest BCUT2D eigenvalue weighted by Crippen LogP contribution is 2.27. The monoisotopic (exact) mass is 291 g/mol. The average Bonchev–Trinajstić information content (AvgIpc) is 2.02. The molecule has 1 aromatic heterocycles. The maximum absolute atomic E-state index is 4.30. The van der Waals surface area contributed by atoms with E-state index in [0.717, 1.165) is 15.1 Å². The molecule has 0 aliphatic heterocycles. The summed E-state index contributed by atoms with van der Waals surface area (Å²) in [6.45, 7) is 6.45. The first-order valence-electron chi connectivity index (χ1n) is 4.15. The molecule has 4 heteroatoms. The minimum absolute atomic E-state index is 0.0745. The quantitative estimate of drug-likeness (QED) is 0.807. The molecule has 0 fully saturated rings. The summed E-state index contributed by atoms with van der Waals surface area (Å²) in [5.41, 5.74) is 1.16. The van der Waals surface area contributed by atoms with Crippen LogP contribution in [0.1, 0.15) is 26.5 Å². The summed E-state index contributed by atoms with van der Waals surface area (Å²) in [5.74, 6) is 0.903. The van der Waals surface area contributed by atoms with Gasteiger partial charge in [-0.25, -0.2) is 9.97 Å². The van der Waals surface area contributed by atoms with Crippen molar-refractivity contribution in [1.82, 2.24) is 9.97 Å². The first-order chi connectivity index (χ1) is 5.96. The molecular formula is C9H14IN3. The number of nitrogens with zero attached hydrogens (tertiary/aromatic N) is 2. The van der Waals surface area contributed by atoms with Crippen molar-refractivity contribution < 1.29 is 0 Å². The third kappa shape index (κ3) is 2.30. The van der Waals surface area contributed by atoms with Crippen LogP contribution in [0.4, 0.5) is 5.82 Å². The van der Waals surface area contributed by atoms with E-state index in [1.54, 1.807) is 6.33 Å². The van der Waals surface area contributed by atoms with Crippen molar-refractivity contribution in [3.05, 3.63) is 15.6 Å². The molecule has 0 saturated heterocycles. The van der Waals surface area contributed by atoms with E-state index in [0.29, 0.717) is 0 Å². The second-order valence-corrected chi connectivity index (χ2v) is 4.96. The van der Waals surface area contributed by atoms with Crippen molar-refractivity contribution in [1.29, 1.82) is 0 Å². The van der Waals surface area contributed by atoms with Crippen LogP contribution in [0.15, 0.2) is 6.33 Å². The van der Waals surface area contributed by atoms with E-state index in [9.17, 15) is 0 Å². The lowest BCUT2D eigenvalue weighted by Gasteiger charge is -2.19. The summed E-state index contributed by atoms with van der Waals surface area (Å²) < 4.78 is 1.11. The number of nitrogens with one attached hydrogen (secondary N) is 1. The number of halogens is 1. The first kappa shape index (κ1) is 10.7. The lowest BCUT2D eigenvalue weighted by Crippen LogP contribution is -2.17.